The third-order valence-corrected chi connectivity index (χ3v) is 4.52. The van der Waals surface area contributed by atoms with Crippen LogP contribution in [0.25, 0.3) is 0 Å². The van der Waals surface area contributed by atoms with Crippen LogP contribution in [0.1, 0.15) is 36.5 Å². The molecule has 1 aliphatic heterocycles. The largest absolute Gasteiger partial charge is 0.397 e. The average Bonchev–Trinajstić information content (AvgIpc) is 2.56. The van der Waals surface area contributed by atoms with Crippen LogP contribution >= 0.6 is 0 Å². The molecule has 4 nitrogen and oxygen atoms in total. The number of hydrogen-bond acceptors (Lipinski definition) is 3. The number of nitrogens with zero attached hydrogens (tertiary/aromatic N) is 1. The van der Waals surface area contributed by atoms with Crippen LogP contribution in [0.15, 0.2) is 42.5 Å². The summed E-state index contributed by atoms with van der Waals surface area (Å²) in [5, 5.41) is 2.70. The lowest BCUT2D eigenvalue weighted by molar-refractivity contribution is 0.102. The number of piperidine rings is 1. The van der Waals surface area contributed by atoms with Gasteiger partial charge in [-0.05, 0) is 56.5 Å². The van der Waals surface area contributed by atoms with Gasteiger partial charge in [0.15, 0.2) is 0 Å². The van der Waals surface area contributed by atoms with Crippen molar-refractivity contribution in [1.29, 1.82) is 0 Å². The first-order chi connectivity index (χ1) is 11.6. The number of nitrogens with two attached hydrogens (primary N) is 1. The van der Waals surface area contributed by atoms with E-state index in [0.717, 1.165) is 25.1 Å². The van der Waals surface area contributed by atoms with Gasteiger partial charge in [0.25, 0.3) is 5.91 Å². The third kappa shape index (κ3) is 3.35. The predicted molar refractivity (Wildman–Crippen MR) is 95.9 cm³/mol. The second kappa shape index (κ2) is 6.91. The summed E-state index contributed by atoms with van der Waals surface area (Å²) in [6.07, 6.45) is 3.56. The Morgan fingerprint density at radius 1 is 1.25 bits per heavy atom. The molecule has 5 heteroatoms. The number of rotatable bonds is 3. The van der Waals surface area contributed by atoms with Crippen LogP contribution in [0.4, 0.5) is 21.5 Å². The number of nitrogens with one attached hydrogen (secondary N) is 1. The van der Waals surface area contributed by atoms with Crippen LogP contribution in [0.3, 0.4) is 0 Å². The zero-order valence-electron chi connectivity index (χ0n) is 13.8. The Morgan fingerprint density at radius 3 is 2.75 bits per heavy atom. The summed E-state index contributed by atoms with van der Waals surface area (Å²) in [7, 11) is 0. The van der Waals surface area contributed by atoms with E-state index in [4.69, 9.17) is 5.73 Å². The van der Waals surface area contributed by atoms with Gasteiger partial charge in [-0.15, -0.1) is 0 Å². The number of carbonyl (C=O) groups excluding carboxylic acids is 1. The molecule has 0 spiro atoms. The van der Waals surface area contributed by atoms with Gasteiger partial charge in [-0.3, -0.25) is 4.79 Å². The van der Waals surface area contributed by atoms with Crippen molar-refractivity contribution >= 4 is 23.0 Å². The molecule has 126 valence electrons. The summed E-state index contributed by atoms with van der Waals surface area (Å²) in [4.78, 5) is 14.5. The van der Waals surface area contributed by atoms with Gasteiger partial charge in [0, 0.05) is 18.3 Å². The predicted octanol–water partition coefficient (Wildman–Crippen LogP) is 4.04. The topological polar surface area (TPSA) is 58.4 Å². The number of benzene rings is 2. The van der Waals surface area contributed by atoms with Crippen LogP contribution in [-0.4, -0.2) is 18.5 Å². The summed E-state index contributed by atoms with van der Waals surface area (Å²) < 4.78 is 13.7. The van der Waals surface area contributed by atoms with Crippen molar-refractivity contribution in [3.8, 4) is 0 Å². The van der Waals surface area contributed by atoms with E-state index >= 15 is 0 Å². The monoisotopic (exact) mass is 327 g/mol. The highest BCUT2D eigenvalue weighted by Crippen LogP contribution is 2.31. The molecule has 0 saturated carbocycles. The van der Waals surface area contributed by atoms with Crippen LogP contribution in [0.5, 0.6) is 0 Å². The third-order valence-electron chi connectivity index (χ3n) is 4.52. The molecule has 1 atom stereocenters. The van der Waals surface area contributed by atoms with E-state index < -0.39 is 11.7 Å². The number of hydrogen-bond donors (Lipinski definition) is 2. The zero-order chi connectivity index (χ0) is 17.1. The molecule has 1 saturated heterocycles. The van der Waals surface area contributed by atoms with E-state index in [2.05, 4.69) is 17.1 Å². The van der Waals surface area contributed by atoms with Crippen LogP contribution in [0, 0.1) is 5.82 Å². The Labute approximate surface area is 141 Å². The quantitative estimate of drug-likeness (QED) is 0.837. The van der Waals surface area contributed by atoms with Crippen LogP contribution < -0.4 is 16.0 Å². The highest BCUT2D eigenvalue weighted by Gasteiger charge is 2.20. The molecule has 24 heavy (non-hydrogen) atoms. The van der Waals surface area contributed by atoms with Crippen molar-refractivity contribution in [1.82, 2.24) is 0 Å². The summed E-state index contributed by atoms with van der Waals surface area (Å²) in [6, 6.07) is 11.8. The smallest absolute Gasteiger partial charge is 0.258 e. The van der Waals surface area contributed by atoms with E-state index in [-0.39, 0.29) is 5.56 Å². The molecule has 0 unspecified atom stereocenters. The van der Waals surface area contributed by atoms with Crippen LogP contribution in [0.2, 0.25) is 0 Å². The Kier molecular flexibility index (Phi) is 4.69. The van der Waals surface area contributed by atoms with Crippen molar-refractivity contribution in [3.63, 3.8) is 0 Å². The fourth-order valence-electron chi connectivity index (χ4n) is 3.19. The maximum atomic E-state index is 13.7. The molecule has 3 N–H and O–H groups in total. The van der Waals surface area contributed by atoms with E-state index in [1.54, 1.807) is 18.2 Å². The van der Waals surface area contributed by atoms with Gasteiger partial charge >= 0.3 is 0 Å². The molecular formula is C19H22FN3O. The van der Waals surface area contributed by atoms with Gasteiger partial charge in [-0.1, -0.05) is 12.1 Å². The molecule has 2 aromatic carbocycles. The van der Waals surface area contributed by atoms with E-state index in [1.807, 2.05) is 12.1 Å². The highest BCUT2D eigenvalue weighted by molar-refractivity contribution is 6.04. The lowest BCUT2D eigenvalue weighted by atomic mass is 10.0. The molecule has 0 bridgehead atoms. The Hall–Kier alpha value is -2.56. The number of carbonyl (C=O) groups is 1. The Bertz CT molecular complexity index is 747. The van der Waals surface area contributed by atoms with Crippen molar-refractivity contribution < 1.29 is 9.18 Å². The molecule has 2 aromatic rings. The molecule has 1 aliphatic rings. The second-order valence-electron chi connectivity index (χ2n) is 6.25. The van der Waals surface area contributed by atoms with Crippen molar-refractivity contribution in [2.24, 2.45) is 0 Å². The van der Waals surface area contributed by atoms with Gasteiger partial charge in [-0.25, -0.2) is 4.39 Å². The zero-order valence-corrected chi connectivity index (χ0v) is 13.8. The van der Waals surface area contributed by atoms with Gasteiger partial charge in [0.2, 0.25) is 0 Å². The number of nitrogen functional groups attached to an aromatic ring is 1. The second-order valence-corrected chi connectivity index (χ2v) is 6.25. The SMILES string of the molecule is C[C@@H]1CCCCN1c1ccc(NC(=O)c2ccccc2F)cc1N. The minimum absolute atomic E-state index is 0.0183. The number of anilines is 3. The van der Waals surface area contributed by atoms with E-state index in [1.165, 1.54) is 18.6 Å². The molecule has 0 aliphatic carbocycles. The Morgan fingerprint density at radius 2 is 2.04 bits per heavy atom. The molecule has 1 amide bonds. The van der Waals surface area contributed by atoms with Gasteiger partial charge < -0.3 is 16.0 Å². The van der Waals surface area contributed by atoms with Gasteiger partial charge in [0.05, 0.1) is 16.9 Å². The molecular weight excluding hydrogens is 305 g/mol. The van der Waals surface area contributed by atoms with Gasteiger partial charge in [-0.2, -0.15) is 0 Å². The highest BCUT2D eigenvalue weighted by atomic mass is 19.1. The molecule has 1 heterocycles. The summed E-state index contributed by atoms with van der Waals surface area (Å²) in [5.74, 6) is -1.02. The molecule has 0 radical (unpaired) electrons. The van der Waals surface area contributed by atoms with Gasteiger partial charge in [0.1, 0.15) is 5.82 Å². The average molecular weight is 327 g/mol. The number of halogens is 1. The van der Waals surface area contributed by atoms with E-state index in [0.29, 0.717) is 17.4 Å². The lowest BCUT2D eigenvalue weighted by Crippen LogP contribution is -2.37. The summed E-state index contributed by atoms with van der Waals surface area (Å²) >= 11 is 0. The first-order valence-electron chi connectivity index (χ1n) is 8.28. The molecule has 0 aromatic heterocycles. The van der Waals surface area contributed by atoms with Crippen molar-refractivity contribution in [3.05, 3.63) is 53.8 Å². The van der Waals surface area contributed by atoms with Crippen molar-refractivity contribution in [2.45, 2.75) is 32.2 Å². The fraction of sp³-hybridized carbons (Fsp3) is 0.316. The minimum Gasteiger partial charge on any atom is -0.397 e. The normalized spacial score (nSPS) is 17.6. The number of amides is 1. The first-order valence-corrected chi connectivity index (χ1v) is 8.28. The van der Waals surface area contributed by atoms with E-state index in [9.17, 15) is 9.18 Å². The Balaban J connectivity index is 1.77. The fourth-order valence-corrected chi connectivity index (χ4v) is 3.19. The molecule has 1 fully saturated rings. The summed E-state index contributed by atoms with van der Waals surface area (Å²) in [6.45, 7) is 3.19. The standard InChI is InChI=1S/C19H22FN3O/c1-13-6-4-5-11-23(13)18-10-9-14(12-17(18)21)22-19(24)15-7-2-3-8-16(15)20/h2-3,7-10,12-13H,4-6,11,21H2,1H3,(H,22,24)/t13-/m1/s1. The van der Waals surface area contributed by atoms with Crippen LogP contribution in [-0.2, 0) is 0 Å². The maximum Gasteiger partial charge on any atom is 0.258 e. The first kappa shape index (κ1) is 16.3. The maximum absolute atomic E-state index is 13.7. The van der Waals surface area contributed by atoms with Crippen molar-refractivity contribution in [2.75, 3.05) is 22.5 Å². The summed E-state index contributed by atoms with van der Waals surface area (Å²) in [5.41, 5.74) is 8.39. The molecule has 3 rings (SSSR count). The minimum atomic E-state index is -0.540. The lowest BCUT2D eigenvalue weighted by Gasteiger charge is -2.36.